The third kappa shape index (κ3) is 2.64. The fourth-order valence-corrected chi connectivity index (χ4v) is 2.99. The Bertz CT molecular complexity index is 518. The third-order valence-electron chi connectivity index (χ3n) is 2.87. The molecule has 2 heteroatoms. The first kappa shape index (κ1) is 13.3. The Morgan fingerprint density at radius 3 is 2.17 bits per heavy atom. The average Bonchev–Trinajstić information content (AvgIpc) is 2.74. The second kappa shape index (κ2) is 4.85. The van der Waals surface area contributed by atoms with Gasteiger partial charge in [0.05, 0.1) is 10.7 Å². The van der Waals surface area contributed by atoms with E-state index in [0.717, 1.165) is 0 Å². The SMILES string of the molecule is CC(C)c1sc(C(C)(C)C)nc1-c1ccccc1. The van der Waals surface area contributed by atoms with Gasteiger partial charge in [0.1, 0.15) is 0 Å². The highest BCUT2D eigenvalue weighted by atomic mass is 32.1. The van der Waals surface area contributed by atoms with Gasteiger partial charge in [-0.05, 0) is 5.92 Å². The van der Waals surface area contributed by atoms with E-state index < -0.39 is 0 Å². The van der Waals surface area contributed by atoms with Crippen molar-refractivity contribution in [3.63, 3.8) is 0 Å². The largest absolute Gasteiger partial charge is 0.240 e. The van der Waals surface area contributed by atoms with Crippen LogP contribution >= 0.6 is 11.3 Å². The summed E-state index contributed by atoms with van der Waals surface area (Å²) in [6, 6.07) is 10.5. The van der Waals surface area contributed by atoms with Crippen LogP contribution in [0, 0.1) is 0 Å². The zero-order valence-electron chi connectivity index (χ0n) is 11.8. The van der Waals surface area contributed by atoms with Crippen LogP contribution in [-0.2, 0) is 5.41 Å². The molecule has 1 aromatic heterocycles. The molecule has 0 saturated heterocycles. The van der Waals surface area contributed by atoms with Gasteiger partial charge in [-0.25, -0.2) is 4.98 Å². The van der Waals surface area contributed by atoms with Crippen molar-refractivity contribution >= 4 is 11.3 Å². The summed E-state index contributed by atoms with van der Waals surface area (Å²) in [5.41, 5.74) is 2.52. The van der Waals surface area contributed by atoms with E-state index in [-0.39, 0.29) is 5.41 Å². The molecule has 0 atom stereocenters. The van der Waals surface area contributed by atoms with Gasteiger partial charge in [0.25, 0.3) is 0 Å². The highest BCUT2D eigenvalue weighted by Crippen LogP contribution is 2.38. The van der Waals surface area contributed by atoms with Crippen LogP contribution in [0.4, 0.5) is 0 Å². The van der Waals surface area contributed by atoms with Crippen LogP contribution in [-0.4, -0.2) is 4.98 Å². The van der Waals surface area contributed by atoms with Crippen LogP contribution in [0.15, 0.2) is 30.3 Å². The number of hydrogen-bond acceptors (Lipinski definition) is 2. The van der Waals surface area contributed by atoms with Gasteiger partial charge in [-0.15, -0.1) is 11.3 Å². The zero-order valence-corrected chi connectivity index (χ0v) is 12.6. The topological polar surface area (TPSA) is 12.9 Å². The molecule has 0 aliphatic heterocycles. The highest BCUT2D eigenvalue weighted by molar-refractivity contribution is 7.12. The molecule has 1 nitrogen and oxygen atoms in total. The summed E-state index contributed by atoms with van der Waals surface area (Å²) in [4.78, 5) is 6.29. The van der Waals surface area contributed by atoms with Gasteiger partial charge in [-0.3, -0.25) is 0 Å². The van der Waals surface area contributed by atoms with Crippen molar-refractivity contribution in [2.45, 2.75) is 46.0 Å². The monoisotopic (exact) mass is 259 g/mol. The van der Waals surface area contributed by atoms with Crippen molar-refractivity contribution in [3.05, 3.63) is 40.2 Å². The molecule has 0 amide bonds. The number of nitrogens with zero attached hydrogens (tertiary/aromatic N) is 1. The number of benzene rings is 1. The van der Waals surface area contributed by atoms with Crippen LogP contribution in [0.1, 0.15) is 50.4 Å². The van der Waals surface area contributed by atoms with Crippen molar-refractivity contribution < 1.29 is 0 Å². The van der Waals surface area contributed by atoms with Crippen molar-refractivity contribution in [1.82, 2.24) is 4.98 Å². The second-order valence-corrected chi connectivity index (χ2v) is 7.03. The van der Waals surface area contributed by atoms with Crippen molar-refractivity contribution in [2.75, 3.05) is 0 Å². The Labute approximate surface area is 114 Å². The Hall–Kier alpha value is -1.15. The summed E-state index contributed by atoms with van der Waals surface area (Å²) in [6.45, 7) is 11.2. The zero-order chi connectivity index (χ0) is 13.3. The minimum atomic E-state index is 0.126. The summed E-state index contributed by atoms with van der Waals surface area (Å²) < 4.78 is 0. The first-order valence-electron chi connectivity index (χ1n) is 6.46. The molecule has 0 aliphatic carbocycles. The van der Waals surface area contributed by atoms with Crippen molar-refractivity contribution in [2.24, 2.45) is 0 Å². The molecule has 0 fully saturated rings. The van der Waals surface area contributed by atoms with E-state index in [2.05, 4.69) is 65.0 Å². The lowest BCUT2D eigenvalue weighted by atomic mass is 9.98. The van der Waals surface area contributed by atoms with E-state index >= 15 is 0 Å². The molecular formula is C16H21NS. The Morgan fingerprint density at radius 2 is 1.67 bits per heavy atom. The summed E-state index contributed by atoms with van der Waals surface area (Å²) in [7, 11) is 0. The summed E-state index contributed by atoms with van der Waals surface area (Å²) in [6.07, 6.45) is 0. The normalized spacial score (nSPS) is 12.1. The molecule has 1 heterocycles. The molecule has 18 heavy (non-hydrogen) atoms. The minimum Gasteiger partial charge on any atom is -0.240 e. The van der Waals surface area contributed by atoms with Gasteiger partial charge < -0.3 is 0 Å². The molecule has 2 aromatic rings. The fraction of sp³-hybridized carbons (Fsp3) is 0.438. The maximum atomic E-state index is 4.89. The maximum Gasteiger partial charge on any atom is 0.0989 e. The molecule has 0 radical (unpaired) electrons. The van der Waals surface area contributed by atoms with Gasteiger partial charge in [-0.2, -0.15) is 0 Å². The van der Waals surface area contributed by atoms with E-state index in [1.165, 1.54) is 21.1 Å². The average molecular weight is 259 g/mol. The quantitative estimate of drug-likeness (QED) is 0.719. The van der Waals surface area contributed by atoms with E-state index in [1.54, 1.807) is 0 Å². The fourth-order valence-electron chi connectivity index (χ4n) is 1.85. The molecule has 96 valence electrons. The van der Waals surface area contributed by atoms with E-state index in [1.807, 2.05) is 11.3 Å². The van der Waals surface area contributed by atoms with E-state index in [9.17, 15) is 0 Å². The summed E-state index contributed by atoms with van der Waals surface area (Å²) in [5.74, 6) is 0.522. The second-order valence-electron chi connectivity index (χ2n) is 6.00. The standard InChI is InChI=1S/C16H21NS/c1-11(2)14-13(12-9-7-6-8-10-12)17-15(18-14)16(3,4)5/h6-11H,1-5H3. The molecule has 1 aromatic carbocycles. The first-order chi connectivity index (χ1) is 8.39. The number of thiazole rings is 1. The molecular weight excluding hydrogens is 238 g/mol. The summed E-state index contributed by atoms with van der Waals surface area (Å²) >= 11 is 1.86. The molecule has 0 N–H and O–H groups in total. The minimum absolute atomic E-state index is 0.126. The lowest BCUT2D eigenvalue weighted by molar-refractivity contribution is 0.586. The van der Waals surface area contributed by atoms with Crippen molar-refractivity contribution in [3.8, 4) is 11.3 Å². The van der Waals surface area contributed by atoms with Crippen LogP contribution in [0.5, 0.6) is 0 Å². The number of hydrogen-bond donors (Lipinski definition) is 0. The maximum absolute atomic E-state index is 4.89. The van der Waals surface area contributed by atoms with Gasteiger partial charge in [-0.1, -0.05) is 65.0 Å². The summed E-state index contributed by atoms with van der Waals surface area (Å²) in [5, 5.41) is 1.23. The highest BCUT2D eigenvalue weighted by Gasteiger charge is 2.23. The van der Waals surface area contributed by atoms with Crippen molar-refractivity contribution in [1.29, 1.82) is 0 Å². The Kier molecular flexibility index (Phi) is 3.58. The number of aromatic nitrogens is 1. The lowest BCUT2D eigenvalue weighted by Crippen LogP contribution is -2.10. The third-order valence-corrected chi connectivity index (χ3v) is 4.65. The Morgan fingerprint density at radius 1 is 1.06 bits per heavy atom. The molecule has 2 rings (SSSR count). The van der Waals surface area contributed by atoms with Gasteiger partial charge in [0, 0.05) is 15.9 Å². The van der Waals surface area contributed by atoms with E-state index in [0.29, 0.717) is 5.92 Å². The van der Waals surface area contributed by atoms with Crippen LogP contribution in [0.3, 0.4) is 0 Å². The molecule has 0 unspecified atom stereocenters. The molecule has 0 bridgehead atoms. The van der Waals surface area contributed by atoms with Crippen LogP contribution in [0.25, 0.3) is 11.3 Å². The Balaban J connectivity index is 2.56. The smallest absolute Gasteiger partial charge is 0.0989 e. The van der Waals surface area contributed by atoms with Gasteiger partial charge in [0.2, 0.25) is 0 Å². The van der Waals surface area contributed by atoms with Gasteiger partial charge in [0.15, 0.2) is 0 Å². The van der Waals surface area contributed by atoms with Gasteiger partial charge >= 0.3 is 0 Å². The predicted molar refractivity (Wildman–Crippen MR) is 80.3 cm³/mol. The molecule has 0 spiro atoms. The molecule has 0 aliphatic rings. The predicted octanol–water partition coefficient (Wildman–Crippen LogP) is 5.23. The van der Waals surface area contributed by atoms with Crippen LogP contribution in [0.2, 0.25) is 0 Å². The first-order valence-corrected chi connectivity index (χ1v) is 7.28. The van der Waals surface area contributed by atoms with Crippen LogP contribution < -0.4 is 0 Å². The number of rotatable bonds is 2. The van der Waals surface area contributed by atoms with E-state index in [4.69, 9.17) is 4.98 Å². The lowest BCUT2D eigenvalue weighted by Gasteiger charge is -2.13. The molecule has 0 saturated carbocycles.